The summed E-state index contributed by atoms with van der Waals surface area (Å²) in [6.07, 6.45) is -2.81. The number of benzene rings is 1. The molecule has 2 aromatic rings. The second kappa shape index (κ2) is 9.88. The molecule has 3 atom stereocenters. The summed E-state index contributed by atoms with van der Waals surface area (Å²) < 4.78 is 84.3. The number of nitrogens with one attached hydrogen (secondary N) is 1. The highest BCUT2D eigenvalue weighted by molar-refractivity contribution is 5.55. The quantitative estimate of drug-likeness (QED) is 0.393. The van der Waals surface area contributed by atoms with Crippen LogP contribution in [0.3, 0.4) is 0 Å². The molecular formula is C29H35F5N6O2. The van der Waals surface area contributed by atoms with E-state index in [0.717, 1.165) is 51.4 Å². The van der Waals surface area contributed by atoms with Crippen LogP contribution < -0.4 is 20.7 Å². The molecule has 5 heterocycles. The van der Waals surface area contributed by atoms with Crippen LogP contribution in [-0.2, 0) is 23.9 Å². The van der Waals surface area contributed by atoms with Gasteiger partial charge in [0.05, 0.1) is 35.2 Å². The van der Waals surface area contributed by atoms with E-state index in [2.05, 4.69) is 20.1 Å². The van der Waals surface area contributed by atoms with E-state index in [-0.39, 0.29) is 42.4 Å². The van der Waals surface area contributed by atoms with Gasteiger partial charge in [0.2, 0.25) is 0 Å². The number of hydrogen-bond donors (Lipinski definition) is 2. The predicted octanol–water partition coefficient (Wildman–Crippen LogP) is 4.24. The van der Waals surface area contributed by atoms with E-state index in [0.29, 0.717) is 36.6 Å². The van der Waals surface area contributed by atoms with Crippen molar-refractivity contribution in [3.63, 3.8) is 0 Å². The monoisotopic (exact) mass is 594 g/mol. The van der Waals surface area contributed by atoms with Crippen LogP contribution in [0.1, 0.15) is 66.2 Å². The third-order valence-electron chi connectivity index (χ3n) is 9.75. The molecule has 13 heteroatoms. The zero-order valence-corrected chi connectivity index (χ0v) is 23.5. The van der Waals surface area contributed by atoms with Crippen molar-refractivity contribution >= 4 is 11.5 Å². The molecule has 228 valence electrons. The Hall–Kier alpha value is -2.77. The summed E-state index contributed by atoms with van der Waals surface area (Å²) in [6, 6.07) is 1.09. The maximum Gasteiger partial charge on any atom is 0.417 e. The minimum Gasteiger partial charge on any atom is -0.461 e. The van der Waals surface area contributed by atoms with Crippen LogP contribution >= 0.6 is 0 Å². The molecule has 8 nitrogen and oxygen atoms in total. The van der Waals surface area contributed by atoms with Crippen LogP contribution in [-0.4, -0.2) is 71.4 Å². The van der Waals surface area contributed by atoms with E-state index >= 15 is 4.39 Å². The molecule has 1 spiro atoms. The Balaban J connectivity index is 1.25. The van der Waals surface area contributed by atoms with Crippen LogP contribution in [0.5, 0.6) is 6.01 Å². The number of nitrogens with two attached hydrogens (primary N) is 1. The number of aromatic nitrogens is 2. The normalized spacial score (nSPS) is 28.7. The highest BCUT2D eigenvalue weighted by Gasteiger charge is 2.50. The minimum absolute atomic E-state index is 0.0301. The second-order valence-corrected chi connectivity index (χ2v) is 12.6. The van der Waals surface area contributed by atoms with Crippen LogP contribution in [0.25, 0.3) is 0 Å². The van der Waals surface area contributed by atoms with Crippen LogP contribution in [0.15, 0.2) is 6.07 Å². The molecular weight excluding hydrogens is 559 g/mol. The molecule has 0 bridgehead atoms. The van der Waals surface area contributed by atoms with Crippen molar-refractivity contribution in [3.8, 4) is 6.01 Å². The van der Waals surface area contributed by atoms with E-state index in [4.69, 9.17) is 20.2 Å². The summed E-state index contributed by atoms with van der Waals surface area (Å²) in [5.74, 6) is -0.510. The van der Waals surface area contributed by atoms with Gasteiger partial charge >= 0.3 is 12.2 Å². The number of hydrogen-bond acceptors (Lipinski definition) is 8. The van der Waals surface area contributed by atoms with Crippen LogP contribution in [0.2, 0.25) is 0 Å². The summed E-state index contributed by atoms with van der Waals surface area (Å²) in [4.78, 5) is 13.7. The number of rotatable bonds is 5. The molecule has 0 radical (unpaired) electrons. The lowest BCUT2D eigenvalue weighted by Gasteiger charge is -2.37. The first-order valence-electron chi connectivity index (χ1n) is 14.7. The Morgan fingerprint density at radius 3 is 2.79 bits per heavy atom. The first kappa shape index (κ1) is 28.0. The topological polar surface area (TPSA) is 88.8 Å². The summed E-state index contributed by atoms with van der Waals surface area (Å²) in [5, 5.41) is 3.57. The number of alkyl halides is 4. The Kier molecular flexibility index (Phi) is 6.59. The van der Waals surface area contributed by atoms with Crippen molar-refractivity contribution in [1.29, 1.82) is 0 Å². The van der Waals surface area contributed by atoms with Crippen molar-refractivity contribution in [1.82, 2.24) is 20.2 Å². The van der Waals surface area contributed by atoms with Gasteiger partial charge in [0.15, 0.2) is 5.82 Å². The first-order chi connectivity index (χ1) is 20.0. The van der Waals surface area contributed by atoms with Gasteiger partial charge in [-0.1, -0.05) is 0 Å². The lowest BCUT2D eigenvalue weighted by Crippen LogP contribution is -2.53. The fourth-order valence-electron chi connectivity index (χ4n) is 7.54. The Morgan fingerprint density at radius 1 is 1.21 bits per heavy atom. The minimum atomic E-state index is -4.80. The van der Waals surface area contributed by atoms with E-state index in [1.807, 2.05) is 0 Å². The third kappa shape index (κ3) is 4.77. The molecule has 3 N–H and O–H groups in total. The molecule has 7 rings (SSSR count). The molecule has 3 saturated heterocycles. The Labute approximate surface area is 240 Å². The zero-order chi connectivity index (χ0) is 29.4. The van der Waals surface area contributed by atoms with Gasteiger partial charge in [0, 0.05) is 55.7 Å². The smallest absolute Gasteiger partial charge is 0.417 e. The van der Waals surface area contributed by atoms with Crippen LogP contribution in [0.4, 0.5) is 33.5 Å². The zero-order valence-electron chi connectivity index (χ0n) is 23.5. The average Bonchev–Trinajstić information content (AvgIpc) is 3.43. The van der Waals surface area contributed by atoms with Gasteiger partial charge < -0.3 is 25.4 Å². The number of aryl methyl sites for hydroxylation is 1. The molecule has 1 aromatic carbocycles. The molecule has 5 aliphatic rings. The van der Waals surface area contributed by atoms with E-state index in [1.165, 1.54) is 6.92 Å². The van der Waals surface area contributed by atoms with Crippen molar-refractivity contribution in [2.45, 2.75) is 81.6 Å². The Morgan fingerprint density at radius 2 is 2.02 bits per heavy atom. The predicted molar refractivity (Wildman–Crippen MR) is 145 cm³/mol. The van der Waals surface area contributed by atoms with Gasteiger partial charge in [-0.15, -0.1) is 0 Å². The number of ether oxygens (including phenoxy) is 2. The van der Waals surface area contributed by atoms with Gasteiger partial charge in [-0.2, -0.15) is 23.1 Å². The number of nitrogen functional groups attached to an aromatic ring is 1. The van der Waals surface area contributed by atoms with Crippen LogP contribution in [0, 0.1) is 12.7 Å². The molecule has 42 heavy (non-hydrogen) atoms. The summed E-state index contributed by atoms with van der Waals surface area (Å²) in [7, 11) is 0. The highest BCUT2D eigenvalue weighted by atomic mass is 19.4. The fourth-order valence-corrected chi connectivity index (χ4v) is 7.54. The fraction of sp³-hybridized carbons (Fsp3) is 0.655. The highest BCUT2D eigenvalue weighted by Crippen LogP contribution is 2.46. The number of nitrogens with zero attached hydrogens (tertiary/aromatic N) is 4. The number of halogens is 5. The van der Waals surface area contributed by atoms with Gasteiger partial charge in [-0.3, -0.25) is 4.90 Å². The van der Waals surface area contributed by atoms with E-state index < -0.39 is 40.9 Å². The van der Waals surface area contributed by atoms with Gasteiger partial charge in [0.1, 0.15) is 18.6 Å². The SMILES string of the molecule is Cc1cc(N)c(F)c(C2Cc3nc(OC[C@@]45CCCN4C[C@H](F)C5)nc(N4CCNC5(CC5)C4)c3CO2)c1C(F)(F)F. The largest absolute Gasteiger partial charge is 0.461 e. The van der Waals surface area contributed by atoms with Gasteiger partial charge in [0.25, 0.3) is 0 Å². The number of piperazine rings is 1. The van der Waals surface area contributed by atoms with E-state index in [9.17, 15) is 17.6 Å². The van der Waals surface area contributed by atoms with Crippen molar-refractivity contribution in [2.24, 2.45) is 0 Å². The van der Waals surface area contributed by atoms with Gasteiger partial charge in [-0.05, 0) is 50.8 Å². The number of fused-ring (bicyclic) bond motifs is 2. The molecule has 4 aliphatic heterocycles. The molecule has 4 fully saturated rings. The first-order valence-corrected chi connectivity index (χ1v) is 14.7. The molecule has 0 amide bonds. The van der Waals surface area contributed by atoms with Crippen molar-refractivity contribution < 1.29 is 31.4 Å². The Bertz CT molecular complexity index is 1400. The second-order valence-electron chi connectivity index (χ2n) is 12.6. The standard InChI is InChI=1S/C29H35F5N6O2/c1-16-9-19(35)24(31)22(23(16)29(32,33)34)21-10-20-18(13-41-21)25(39-8-6-36-27(14-39)4-5-27)38-26(37-20)42-15-28-3-2-7-40(28)12-17(30)11-28/h9,17,21,36H,2-8,10-15,35H2,1H3/t17-,21?,28+/m1/s1. The summed E-state index contributed by atoms with van der Waals surface area (Å²) >= 11 is 0. The van der Waals surface area contributed by atoms with E-state index in [1.54, 1.807) is 0 Å². The van der Waals surface area contributed by atoms with Gasteiger partial charge in [-0.25, -0.2) is 8.78 Å². The maximum absolute atomic E-state index is 15.3. The maximum atomic E-state index is 15.3. The number of anilines is 2. The average molecular weight is 595 g/mol. The molecule has 1 aliphatic carbocycles. The third-order valence-corrected chi connectivity index (χ3v) is 9.75. The van der Waals surface area contributed by atoms with Crippen molar-refractivity contribution in [3.05, 3.63) is 39.8 Å². The van der Waals surface area contributed by atoms with Crippen molar-refractivity contribution in [2.75, 3.05) is 50.0 Å². The molecule has 1 saturated carbocycles. The lowest BCUT2D eigenvalue weighted by atomic mass is 9.91. The molecule has 1 unspecified atom stereocenters. The summed E-state index contributed by atoms with van der Waals surface area (Å²) in [5.41, 5.74) is 4.30. The molecule has 1 aromatic heterocycles. The lowest BCUT2D eigenvalue weighted by molar-refractivity contribution is -0.140. The summed E-state index contributed by atoms with van der Waals surface area (Å²) in [6.45, 7) is 4.76.